The van der Waals surface area contributed by atoms with Gasteiger partial charge in [-0.25, -0.2) is 0 Å². The van der Waals surface area contributed by atoms with Crippen molar-refractivity contribution in [1.82, 2.24) is 15.1 Å². The highest BCUT2D eigenvalue weighted by Crippen LogP contribution is 2.29. The molecule has 3 rings (SSSR count). The summed E-state index contributed by atoms with van der Waals surface area (Å²) < 4.78 is 0. The number of hydrogen-bond acceptors (Lipinski definition) is 3. The number of nitrogens with one attached hydrogen (secondary N) is 1. The van der Waals surface area contributed by atoms with Gasteiger partial charge in [-0.1, -0.05) is 19.3 Å². The summed E-state index contributed by atoms with van der Waals surface area (Å²) in [5.74, 6) is 0. The topological polar surface area (TPSA) is 18.5 Å². The Balaban J connectivity index is 1.24. The minimum absolute atomic E-state index is 0.774. The number of rotatable bonds is 7. The number of nitrogens with zero attached hydrogens (tertiary/aromatic N) is 2. The average molecular weight is 279 g/mol. The molecule has 3 heteroatoms. The third-order valence-corrected chi connectivity index (χ3v) is 5.60. The fraction of sp³-hybridized carbons (Fsp3) is 1.00. The van der Waals surface area contributed by atoms with Gasteiger partial charge in [0.25, 0.3) is 0 Å². The standard InChI is InChI=1S/C17H33N3/c1-19(16-6-3-2-4-7-16)12-5-11-18-15-10-13-20(14-15)17-8-9-17/h15-18H,2-14H2,1H3. The van der Waals surface area contributed by atoms with Crippen molar-refractivity contribution in [3.05, 3.63) is 0 Å². The fourth-order valence-corrected chi connectivity index (χ4v) is 4.06. The zero-order valence-corrected chi connectivity index (χ0v) is 13.3. The van der Waals surface area contributed by atoms with Crippen molar-refractivity contribution in [1.29, 1.82) is 0 Å². The maximum Gasteiger partial charge on any atom is 0.0207 e. The second-order valence-electron chi connectivity index (χ2n) is 7.29. The average Bonchev–Trinajstić information content (AvgIpc) is 3.24. The van der Waals surface area contributed by atoms with Gasteiger partial charge in [-0.05, 0) is 58.7 Å². The molecule has 20 heavy (non-hydrogen) atoms. The lowest BCUT2D eigenvalue weighted by Crippen LogP contribution is -2.37. The molecule has 0 spiro atoms. The molecule has 3 nitrogen and oxygen atoms in total. The van der Waals surface area contributed by atoms with E-state index in [-0.39, 0.29) is 0 Å². The molecule has 2 saturated carbocycles. The van der Waals surface area contributed by atoms with Crippen molar-refractivity contribution in [3.63, 3.8) is 0 Å². The third kappa shape index (κ3) is 4.19. The Morgan fingerprint density at radius 2 is 1.85 bits per heavy atom. The van der Waals surface area contributed by atoms with E-state index in [4.69, 9.17) is 0 Å². The van der Waals surface area contributed by atoms with Gasteiger partial charge in [0.05, 0.1) is 0 Å². The third-order valence-electron chi connectivity index (χ3n) is 5.60. The molecule has 0 aromatic rings. The van der Waals surface area contributed by atoms with Crippen molar-refractivity contribution in [2.45, 2.75) is 75.9 Å². The molecule has 0 radical (unpaired) electrons. The Labute approximate surface area is 125 Å². The van der Waals surface area contributed by atoms with E-state index in [1.54, 1.807) is 0 Å². The van der Waals surface area contributed by atoms with E-state index in [0.29, 0.717) is 0 Å². The summed E-state index contributed by atoms with van der Waals surface area (Å²) in [4.78, 5) is 5.32. The van der Waals surface area contributed by atoms with Crippen LogP contribution in [0.1, 0.15) is 57.8 Å². The summed E-state index contributed by atoms with van der Waals surface area (Å²) in [7, 11) is 2.33. The van der Waals surface area contributed by atoms with Gasteiger partial charge in [0.2, 0.25) is 0 Å². The summed E-state index contributed by atoms with van der Waals surface area (Å²) in [6, 6.07) is 2.61. The first-order chi connectivity index (χ1) is 9.83. The molecule has 3 fully saturated rings. The van der Waals surface area contributed by atoms with E-state index in [1.807, 2.05) is 0 Å². The number of likely N-dealkylation sites (tertiary alicyclic amines) is 1. The van der Waals surface area contributed by atoms with Crippen LogP contribution in [-0.2, 0) is 0 Å². The van der Waals surface area contributed by atoms with E-state index in [9.17, 15) is 0 Å². The van der Waals surface area contributed by atoms with Crippen molar-refractivity contribution in [3.8, 4) is 0 Å². The minimum atomic E-state index is 0.774. The van der Waals surface area contributed by atoms with Crippen LogP contribution in [-0.4, -0.2) is 61.2 Å². The lowest BCUT2D eigenvalue weighted by Gasteiger charge is -2.31. The first kappa shape index (κ1) is 14.8. The number of hydrogen-bond donors (Lipinski definition) is 1. The zero-order chi connectivity index (χ0) is 13.8. The minimum Gasteiger partial charge on any atom is -0.313 e. The van der Waals surface area contributed by atoms with Crippen LogP contribution in [0.2, 0.25) is 0 Å². The second kappa shape index (κ2) is 7.24. The lowest BCUT2D eigenvalue weighted by molar-refractivity contribution is 0.189. The van der Waals surface area contributed by atoms with Gasteiger partial charge >= 0.3 is 0 Å². The molecule has 3 aliphatic rings. The van der Waals surface area contributed by atoms with Crippen molar-refractivity contribution in [2.24, 2.45) is 0 Å². The highest BCUT2D eigenvalue weighted by molar-refractivity contribution is 4.91. The molecule has 0 aromatic carbocycles. The molecular weight excluding hydrogens is 246 g/mol. The van der Waals surface area contributed by atoms with Gasteiger partial charge in [0.1, 0.15) is 0 Å². The van der Waals surface area contributed by atoms with Crippen molar-refractivity contribution in [2.75, 3.05) is 33.2 Å². The van der Waals surface area contributed by atoms with Gasteiger partial charge in [0, 0.05) is 31.2 Å². The fourth-order valence-electron chi connectivity index (χ4n) is 4.06. The SMILES string of the molecule is CN(CCCNC1CCN(C2CC2)C1)C1CCCCC1. The molecule has 0 bridgehead atoms. The highest BCUT2D eigenvalue weighted by atomic mass is 15.2. The van der Waals surface area contributed by atoms with E-state index in [1.165, 1.54) is 84.0 Å². The maximum absolute atomic E-state index is 3.78. The van der Waals surface area contributed by atoms with Gasteiger partial charge in [-0.3, -0.25) is 4.90 Å². The Hall–Kier alpha value is -0.120. The molecule has 0 aromatic heterocycles. The van der Waals surface area contributed by atoms with Crippen LogP contribution in [0, 0.1) is 0 Å². The van der Waals surface area contributed by atoms with Crippen molar-refractivity contribution >= 4 is 0 Å². The first-order valence-corrected chi connectivity index (χ1v) is 9.00. The molecule has 1 heterocycles. The first-order valence-electron chi connectivity index (χ1n) is 9.00. The van der Waals surface area contributed by atoms with Crippen LogP contribution in [0.15, 0.2) is 0 Å². The summed E-state index contributed by atoms with van der Waals surface area (Å²) in [5, 5.41) is 3.78. The Morgan fingerprint density at radius 1 is 1.05 bits per heavy atom. The molecule has 1 saturated heterocycles. The van der Waals surface area contributed by atoms with Crippen LogP contribution in [0.5, 0.6) is 0 Å². The van der Waals surface area contributed by atoms with E-state index < -0.39 is 0 Å². The van der Waals surface area contributed by atoms with E-state index >= 15 is 0 Å². The Kier molecular flexibility index (Phi) is 5.36. The molecule has 0 amide bonds. The van der Waals surface area contributed by atoms with E-state index in [0.717, 1.165) is 18.1 Å². The van der Waals surface area contributed by atoms with Crippen LogP contribution in [0.4, 0.5) is 0 Å². The van der Waals surface area contributed by atoms with E-state index in [2.05, 4.69) is 22.2 Å². The normalized spacial score (nSPS) is 29.4. The predicted octanol–water partition coefficient (Wildman–Crippen LogP) is 2.47. The van der Waals surface area contributed by atoms with Gasteiger partial charge < -0.3 is 10.2 Å². The van der Waals surface area contributed by atoms with Crippen LogP contribution in [0.3, 0.4) is 0 Å². The molecule has 116 valence electrons. The molecule has 1 N–H and O–H groups in total. The molecule has 1 aliphatic heterocycles. The Morgan fingerprint density at radius 3 is 2.60 bits per heavy atom. The van der Waals surface area contributed by atoms with Gasteiger partial charge in [-0.15, -0.1) is 0 Å². The summed E-state index contributed by atoms with van der Waals surface area (Å²) in [6.45, 7) is 5.13. The maximum atomic E-state index is 3.78. The van der Waals surface area contributed by atoms with Crippen molar-refractivity contribution < 1.29 is 0 Å². The Bertz CT molecular complexity index is 284. The summed E-state index contributed by atoms with van der Waals surface area (Å²) >= 11 is 0. The summed E-state index contributed by atoms with van der Waals surface area (Å²) in [6.07, 6.45) is 12.8. The summed E-state index contributed by atoms with van der Waals surface area (Å²) in [5.41, 5.74) is 0. The zero-order valence-electron chi connectivity index (χ0n) is 13.3. The highest BCUT2D eigenvalue weighted by Gasteiger charge is 2.33. The molecule has 1 atom stereocenters. The van der Waals surface area contributed by atoms with Gasteiger partial charge in [0.15, 0.2) is 0 Å². The van der Waals surface area contributed by atoms with Crippen LogP contribution in [0.25, 0.3) is 0 Å². The van der Waals surface area contributed by atoms with Crippen LogP contribution < -0.4 is 5.32 Å². The smallest absolute Gasteiger partial charge is 0.0207 e. The molecular formula is C17H33N3. The largest absolute Gasteiger partial charge is 0.313 e. The quantitative estimate of drug-likeness (QED) is 0.722. The lowest BCUT2D eigenvalue weighted by atomic mass is 9.94. The predicted molar refractivity (Wildman–Crippen MR) is 85.1 cm³/mol. The van der Waals surface area contributed by atoms with Gasteiger partial charge in [-0.2, -0.15) is 0 Å². The van der Waals surface area contributed by atoms with Crippen LogP contribution >= 0.6 is 0 Å². The monoisotopic (exact) mass is 279 g/mol. The molecule has 2 aliphatic carbocycles. The second-order valence-corrected chi connectivity index (χ2v) is 7.29. The molecule has 1 unspecified atom stereocenters.